The summed E-state index contributed by atoms with van der Waals surface area (Å²) in [5.41, 5.74) is 1.60. The summed E-state index contributed by atoms with van der Waals surface area (Å²) in [6.07, 6.45) is 6.21. The fourth-order valence-corrected chi connectivity index (χ4v) is 4.06. The van der Waals surface area contributed by atoms with Gasteiger partial charge in [-0.05, 0) is 37.5 Å². The Morgan fingerprint density at radius 3 is 2.72 bits per heavy atom. The maximum Gasteiger partial charge on any atom is 0.325 e. The van der Waals surface area contributed by atoms with Crippen LogP contribution in [-0.4, -0.2) is 29.3 Å². The van der Waals surface area contributed by atoms with Gasteiger partial charge in [-0.2, -0.15) is 0 Å². The zero-order valence-corrected chi connectivity index (χ0v) is 16.0. The summed E-state index contributed by atoms with van der Waals surface area (Å²) < 4.78 is 0. The third-order valence-electron chi connectivity index (χ3n) is 4.43. The molecule has 0 unspecified atom stereocenters. The van der Waals surface area contributed by atoms with Crippen LogP contribution in [0.15, 0.2) is 18.2 Å². The number of aromatic nitrogens is 2. The molecule has 6 nitrogen and oxygen atoms in total. The number of hydrogen-bond donors (Lipinski definition) is 2. The smallest absolute Gasteiger partial charge is 0.325 e. The van der Waals surface area contributed by atoms with E-state index in [2.05, 4.69) is 25.7 Å². The Morgan fingerprint density at radius 1 is 1.24 bits per heavy atom. The highest BCUT2D eigenvalue weighted by molar-refractivity contribution is 7.19. The van der Waals surface area contributed by atoms with Gasteiger partial charge in [0, 0.05) is 13.1 Å². The van der Waals surface area contributed by atoms with Crippen LogP contribution < -0.4 is 15.5 Å². The molecule has 1 heterocycles. The average molecular weight is 380 g/mol. The first-order valence-corrected chi connectivity index (χ1v) is 9.63. The van der Waals surface area contributed by atoms with Gasteiger partial charge in [0.05, 0.1) is 10.7 Å². The predicted octanol–water partition coefficient (Wildman–Crippen LogP) is 4.91. The molecule has 2 N–H and O–H groups in total. The van der Waals surface area contributed by atoms with Crippen LogP contribution in [0.2, 0.25) is 5.02 Å². The average Bonchev–Trinajstić information content (AvgIpc) is 3.06. The van der Waals surface area contributed by atoms with E-state index in [1.165, 1.54) is 43.4 Å². The zero-order chi connectivity index (χ0) is 17.8. The molecule has 1 aromatic heterocycles. The second-order valence-corrected chi connectivity index (χ2v) is 7.72. The molecular formula is C17H22ClN5OS. The first kappa shape index (κ1) is 17.9. The third-order valence-corrected chi connectivity index (χ3v) is 5.67. The van der Waals surface area contributed by atoms with Gasteiger partial charge in [-0.25, -0.2) is 4.79 Å². The van der Waals surface area contributed by atoms with Gasteiger partial charge in [0.25, 0.3) is 0 Å². The highest BCUT2D eigenvalue weighted by Gasteiger charge is 2.21. The summed E-state index contributed by atoms with van der Waals surface area (Å²) in [6, 6.07) is 5.60. The van der Waals surface area contributed by atoms with Crippen molar-refractivity contribution >= 4 is 44.9 Å². The van der Waals surface area contributed by atoms with Crippen LogP contribution in [0, 0.1) is 6.92 Å². The lowest BCUT2D eigenvalue weighted by molar-refractivity contribution is 0.262. The summed E-state index contributed by atoms with van der Waals surface area (Å²) >= 11 is 7.51. The number of nitrogens with one attached hydrogen (secondary N) is 2. The van der Waals surface area contributed by atoms with E-state index in [-0.39, 0.29) is 6.03 Å². The number of anilines is 3. The highest BCUT2D eigenvalue weighted by atomic mass is 35.5. The minimum atomic E-state index is -0.381. The Kier molecular flexibility index (Phi) is 5.75. The lowest BCUT2D eigenvalue weighted by Crippen LogP contribution is -2.33. The van der Waals surface area contributed by atoms with Crippen LogP contribution in [0.5, 0.6) is 0 Å². The molecule has 0 atom stereocenters. The Balaban J connectivity index is 1.59. The minimum Gasteiger partial charge on any atom is -0.347 e. The fraction of sp³-hybridized carbons (Fsp3) is 0.471. The van der Waals surface area contributed by atoms with Crippen LogP contribution in [0.1, 0.15) is 37.7 Å². The molecule has 1 aliphatic rings. The summed E-state index contributed by atoms with van der Waals surface area (Å²) in [5, 5.41) is 15.5. The molecule has 0 bridgehead atoms. The monoisotopic (exact) mass is 379 g/mol. The predicted molar refractivity (Wildman–Crippen MR) is 104 cm³/mol. The number of nitrogens with zero attached hydrogens (tertiary/aromatic N) is 3. The molecule has 0 saturated heterocycles. The molecule has 3 rings (SSSR count). The summed E-state index contributed by atoms with van der Waals surface area (Å²) in [6.45, 7) is 1.95. The molecule has 1 aliphatic carbocycles. The van der Waals surface area contributed by atoms with Crippen LogP contribution in [0.3, 0.4) is 0 Å². The Morgan fingerprint density at radius 2 is 2.00 bits per heavy atom. The van der Waals surface area contributed by atoms with E-state index in [0.29, 0.717) is 21.9 Å². The van der Waals surface area contributed by atoms with Gasteiger partial charge >= 0.3 is 6.03 Å². The quantitative estimate of drug-likeness (QED) is 0.791. The van der Waals surface area contributed by atoms with E-state index in [4.69, 9.17) is 11.6 Å². The maximum absolute atomic E-state index is 12.1. The topological polar surface area (TPSA) is 70.1 Å². The Labute approximate surface area is 156 Å². The Hall–Kier alpha value is -1.86. The number of halogens is 1. The molecule has 8 heteroatoms. The number of rotatable bonds is 4. The van der Waals surface area contributed by atoms with Gasteiger partial charge in [0.15, 0.2) is 0 Å². The molecule has 0 aliphatic heterocycles. The number of hydrogen-bond acceptors (Lipinski definition) is 5. The van der Waals surface area contributed by atoms with Gasteiger partial charge in [-0.3, -0.25) is 5.32 Å². The molecule has 1 fully saturated rings. The Bertz CT molecular complexity index is 744. The van der Waals surface area contributed by atoms with Crippen molar-refractivity contribution < 1.29 is 4.79 Å². The van der Waals surface area contributed by atoms with Crippen molar-refractivity contribution in [2.45, 2.75) is 45.1 Å². The van der Waals surface area contributed by atoms with Gasteiger partial charge in [-0.1, -0.05) is 48.3 Å². The number of carbonyl (C=O) groups excluding carboxylic acids is 1. The van der Waals surface area contributed by atoms with E-state index in [1.807, 2.05) is 20.0 Å². The molecule has 25 heavy (non-hydrogen) atoms. The van der Waals surface area contributed by atoms with E-state index >= 15 is 0 Å². The molecule has 1 aromatic carbocycles. The largest absolute Gasteiger partial charge is 0.347 e. The van der Waals surface area contributed by atoms with Crippen molar-refractivity contribution in [2.24, 2.45) is 0 Å². The van der Waals surface area contributed by atoms with E-state index < -0.39 is 0 Å². The second kappa shape index (κ2) is 8.01. The second-order valence-electron chi connectivity index (χ2n) is 6.35. The molecule has 0 spiro atoms. The van der Waals surface area contributed by atoms with Crippen molar-refractivity contribution in [1.82, 2.24) is 10.2 Å². The molecule has 2 aromatic rings. The first-order chi connectivity index (χ1) is 12.0. The lowest BCUT2D eigenvalue weighted by atomic mass is 9.95. The van der Waals surface area contributed by atoms with Crippen LogP contribution in [-0.2, 0) is 0 Å². The van der Waals surface area contributed by atoms with Gasteiger partial charge in [0.2, 0.25) is 10.3 Å². The summed E-state index contributed by atoms with van der Waals surface area (Å²) in [4.78, 5) is 14.3. The van der Waals surface area contributed by atoms with Crippen molar-refractivity contribution in [2.75, 3.05) is 22.6 Å². The number of carbonyl (C=O) groups is 1. The number of amides is 2. The van der Waals surface area contributed by atoms with Crippen molar-refractivity contribution in [3.05, 3.63) is 28.8 Å². The number of urea groups is 1. The van der Waals surface area contributed by atoms with E-state index in [1.54, 1.807) is 12.1 Å². The molecule has 134 valence electrons. The van der Waals surface area contributed by atoms with Crippen LogP contribution in [0.25, 0.3) is 0 Å². The number of aryl methyl sites for hydroxylation is 1. The molecule has 2 amide bonds. The van der Waals surface area contributed by atoms with Gasteiger partial charge in [-0.15, -0.1) is 10.2 Å². The summed E-state index contributed by atoms with van der Waals surface area (Å²) in [5.74, 6) is 0. The fourth-order valence-electron chi connectivity index (χ4n) is 3.01. The van der Waals surface area contributed by atoms with Gasteiger partial charge < -0.3 is 10.2 Å². The SMILES string of the molecule is Cc1ccc(NC(=O)Nc2nnc(N(C)C3CCCCC3)s2)c(Cl)c1. The van der Waals surface area contributed by atoms with Crippen molar-refractivity contribution in [3.8, 4) is 0 Å². The van der Waals surface area contributed by atoms with Crippen molar-refractivity contribution in [3.63, 3.8) is 0 Å². The normalized spacial score (nSPS) is 15.0. The van der Waals surface area contributed by atoms with Crippen LogP contribution >= 0.6 is 22.9 Å². The van der Waals surface area contributed by atoms with Crippen LogP contribution in [0.4, 0.5) is 20.7 Å². The lowest BCUT2D eigenvalue weighted by Gasteiger charge is -2.30. The van der Waals surface area contributed by atoms with E-state index in [0.717, 1.165) is 10.7 Å². The minimum absolute atomic E-state index is 0.381. The van der Waals surface area contributed by atoms with E-state index in [9.17, 15) is 4.79 Å². The van der Waals surface area contributed by atoms with Crippen molar-refractivity contribution in [1.29, 1.82) is 0 Å². The maximum atomic E-state index is 12.1. The molecule has 0 radical (unpaired) electrons. The molecular weight excluding hydrogens is 358 g/mol. The summed E-state index contributed by atoms with van der Waals surface area (Å²) in [7, 11) is 2.05. The third kappa shape index (κ3) is 4.61. The van der Waals surface area contributed by atoms with Gasteiger partial charge in [0.1, 0.15) is 0 Å². The standard InChI is InChI=1S/C17H22ClN5OS/c1-11-8-9-14(13(18)10-11)19-15(24)20-16-21-22-17(25-16)23(2)12-6-4-3-5-7-12/h8-10,12H,3-7H2,1-2H3,(H2,19,20,21,24). The first-order valence-electron chi connectivity index (χ1n) is 8.43. The number of benzene rings is 1. The zero-order valence-electron chi connectivity index (χ0n) is 14.4. The molecule has 1 saturated carbocycles. The highest BCUT2D eigenvalue weighted by Crippen LogP contribution is 2.30.